The molecule has 2 atom stereocenters. The van der Waals surface area contributed by atoms with E-state index in [1.165, 1.54) is 32.1 Å². The molecular formula is C14H24N4OS. The van der Waals surface area contributed by atoms with Crippen molar-refractivity contribution in [1.29, 1.82) is 0 Å². The van der Waals surface area contributed by atoms with Crippen molar-refractivity contribution in [3.05, 3.63) is 4.77 Å². The van der Waals surface area contributed by atoms with Crippen LogP contribution < -0.4 is 4.90 Å². The molecule has 3 rings (SSSR count). The predicted molar refractivity (Wildman–Crippen MR) is 81.8 cm³/mol. The third-order valence-electron chi connectivity index (χ3n) is 4.49. The molecule has 1 saturated heterocycles. The molecule has 1 saturated carbocycles. The van der Waals surface area contributed by atoms with E-state index in [-0.39, 0.29) is 6.10 Å². The number of aromatic nitrogens is 3. The lowest BCUT2D eigenvalue weighted by atomic mass is 9.95. The van der Waals surface area contributed by atoms with Crippen LogP contribution in [-0.2, 0) is 4.74 Å². The maximum Gasteiger partial charge on any atom is 0.226 e. The van der Waals surface area contributed by atoms with E-state index < -0.39 is 0 Å². The van der Waals surface area contributed by atoms with Gasteiger partial charge in [0.1, 0.15) is 0 Å². The molecule has 6 heteroatoms. The van der Waals surface area contributed by atoms with E-state index in [0.717, 1.165) is 23.9 Å². The Bertz CT molecular complexity index is 506. The standard InChI is InChI=1S/C14H24N4OS/c1-10-9-19-11(2)8-17(10)13-15-16-14(20)18(13)12-6-4-3-5-7-12/h10-12H,3-9H2,1-2H3,(H,16,20). The number of nitrogens with zero attached hydrogens (tertiary/aromatic N) is 3. The Morgan fingerprint density at radius 3 is 2.75 bits per heavy atom. The van der Waals surface area contributed by atoms with Crippen LogP contribution in [0.25, 0.3) is 0 Å². The minimum atomic E-state index is 0.247. The van der Waals surface area contributed by atoms with Gasteiger partial charge in [0, 0.05) is 12.6 Å². The first-order valence-electron chi connectivity index (χ1n) is 7.72. The predicted octanol–water partition coefficient (Wildman–Crippen LogP) is 3.06. The van der Waals surface area contributed by atoms with Crippen LogP contribution in [-0.4, -0.2) is 40.1 Å². The molecule has 0 bridgehead atoms. The summed E-state index contributed by atoms with van der Waals surface area (Å²) >= 11 is 5.48. The summed E-state index contributed by atoms with van der Waals surface area (Å²) in [6.07, 6.45) is 6.63. The van der Waals surface area contributed by atoms with Crippen molar-refractivity contribution in [1.82, 2.24) is 14.8 Å². The molecule has 1 N–H and O–H groups in total. The first-order valence-corrected chi connectivity index (χ1v) is 8.13. The van der Waals surface area contributed by atoms with Gasteiger partial charge in [0.2, 0.25) is 5.95 Å². The topological polar surface area (TPSA) is 46.1 Å². The zero-order valence-electron chi connectivity index (χ0n) is 12.3. The maximum absolute atomic E-state index is 5.72. The van der Waals surface area contributed by atoms with Crippen molar-refractivity contribution in [2.24, 2.45) is 0 Å². The molecule has 2 aliphatic rings. The van der Waals surface area contributed by atoms with Gasteiger partial charge in [0.05, 0.1) is 18.8 Å². The monoisotopic (exact) mass is 296 g/mol. The number of rotatable bonds is 2. The van der Waals surface area contributed by atoms with Gasteiger partial charge in [-0.2, -0.15) is 0 Å². The van der Waals surface area contributed by atoms with Crippen LogP contribution in [0.1, 0.15) is 52.0 Å². The van der Waals surface area contributed by atoms with Crippen LogP contribution in [0, 0.1) is 4.77 Å². The molecule has 1 aromatic heterocycles. The van der Waals surface area contributed by atoms with Gasteiger partial charge >= 0.3 is 0 Å². The molecule has 0 radical (unpaired) electrons. The van der Waals surface area contributed by atoms with Gasteiger partial charge in [0.25, 0.3) is 0 Å². The van der Waals surface area contributed by atoms with E-state index in [1.807, 2.05) is 0 Å². The number of aromatic amines is 1. The summed E-state index contributed by atoms with van der Waals surface area (Å²) in [5.41, 5.74) is 0. The van der Waals surface area contributed by atoms with Gasteiger partial charge in [-0.1, -0.05) is 19.3 Å². The number of ether oxygens (including phenoxy) is 1. The molecule has 5 nitrogen and oxygen atoms in total. The first kappa shape index (κ1) is 14.1. The molecule has 112 valence electrons. The number of morpholine rings is 1. The summed E-state index contributed by atoms with van der Waals surface area (Å²) in [6, 6.07) is 0.856. The van der Waals surface area contributed by atoms with Gasteiger partial charge in [-0.3, -0.25) is 4.57 Å². The summed E-state index contributed by atoms with van der Waals surface area (Å²) in [5.74, 6) is 1.00. The summed E-state index contributed by atoms with van der Waals surface area (Å²) < 4.78 is 8.73. The van der Waals surface area contributed by atoms with Crippen LogP contribution in [0.3, 0.4) is 0 Å². The molecule has 2 unspecified atom stereocenters. The lowest BCUT2D eigenvalue weighted by molar-refractivity contribution is 0.0332. The number of hydrogen-bond donors (Lipinski definition) is 1. The smallest absolute Gasteiger partial charge is 0.226 e. The Kier molecular flexibility index (Phi) is 4.12. The highest BCUT2D eigenvalue weighted by atomic mass is 32.1. The molecule has 0 amide bonds. The quantitative estimate of drug-likeness (QED) is 0.852. The highest BCUT2D eigenvalue weighted by Crippen LogP contribution is 2.32. The normalized spacial score (nSPS) is 28.8. The maximum atomic E-state index is 5.72. The van der Waals surface area contributed by atoms with Crippen LogP contribution in [0.15, 0.2) is 0 Å². The van der Waals surface area contributed by atoms with Gasteiger partial charge in [-0.15, -0.1) is 5.10 Å². The van der Waals surface area contributed by atoms with Gasteiger partial charge in [-0.05, 0) is 38.9 Å². The number of nitrogens with one attached hydrogen (secondary N) is 1. The molecule has 1 aliphatic carbocycles. The lowest BCUT2D eigenvalue weighted by Crippen LogP contribution is -2.48. The van der Waals surface area contributed by atoms with Crippen LogP contribution >= 0.6 is 12.2 Å². The SMILES string of the molecule is CC1CN(c2n[nH]c(=S)n2C2CCCCC2)C(C)CO1. The molecule has 1 aromatic rings. The van der Waals surface area contributed by atoms with Crippen molar-refractivity contribution in [3.63, 3.8) is 0 Å². The largest absolute Gasteiger partial charge is 0.375 e. The zero-order valence-corrected chi connectivity index (χ0v) is 13.2. The van der Waals surface area contributed by atoms with E-state index in [9.17, 15) is 0 Å². The number of H-pyrrole nitrogens is 1. The average molecular weight is 296 g/mol. The average Bonchev–Trinajstić information content (AvgIpc) is 2.84. The Morgan fingerprint density at radius 2 is 2.00 bits per heavy atom. The second-order valence-electron chi connectivity index (χ2n) is 6.14. The fourth-order valence-corrected chi connectivity index (χ4v) is 3.63. The van der Waals surface area contributed by atoms with Gasteiger partial charge in [-0.25, -0.2) is 5.10 Å². The zero-order chi connectivity index (χ0) is 14.1. The number of anilines is 1. The third-order valence-corrected chi connectivity index (χ3v) is 4.78. The summed E-state index contributed by atoms with van der Waals surface area (Å²) in [6.45, 7) is 5.94. The minimum absolute atomic E-state index is 0.247. The Balaban J connectivity index is 1.91. The summed E-state index contributed by atoms with van der Waals surface area (Å²) in [4.78, 5) is 2.34. The molecule has 0 spiro atoms. The molecule has 20 heavy (non-hydrogen) atoms. The Morgan fingerprint density at radius 1 is 1.25 bits per heavy atom. The van der Waals surface area contributed by atoms with Crippen molar-refractivity contribution >= 4 is 18.2 Å². The van der Waals surface area contributed by atoms with Crippen molar-refractivity contribution < 1.29 is 4.74 Å². The second kappa shape index (κ2) is 5.85. The molecule has 1 aliphatic heterocycles. The second-order valence-corrected chi connectivity index (χ2v) is 6.52. The van der Waals surface area contributed by atoms with Crippen molar-refractivity contribution in [3.8, 4) is 0 Å². The Labute approximate surface area is 125 Å². The highest BCUT2D eigenvalue weighted by molar-refractivity contribution is 7.71. The van der Waals surface area contributed by atoms with E-state index in [2.05, 4.69) is 33.5 Å². The first-order chi connectivity index (χ1) is 9.66. The fourth-order valence-electron chi connectivity index (χ4n) is 3.35. The lowest BCUT2D eigenvalue weighted by Gasteiger charge is -2.38. The van der Waals surface area contributed by atoms with E-state index >= 15 is 0 Å². The fraction of sp³-hybridized carbons (Fsp3) is 0.857. The molecule has 0 aromatic carbocycles. The van der Waals surface area contributed by atoms with E-state index in [1.54, 1.807) is 0 Å². The molecular weight excluding hydrogens is 272 g/mol. The van der Waals surface area contributed by atoms with Crippen LogP contribution in [0.5, 0.6) is 0 Å². The van der Waals surface area contributed by atoms with Gasteiger partial charge in [0.15, 0.2) is 4.77 Å². The van der Waals surface area contributed by atoms with Gasteiger partial charge < -0.3 is 9.64 Å². The van der Waals surface area contributed by atoms with Crippen molar-refractivity contribution in [2.75, 3.05) is 18.1 Å². The molecule has 2 fully saturated rings. The van der Waals surface area contributed by atoms with E-state index in [4.69, 9.17) is 17.0 Å². The summed E-state index contributed by atoms with van der Waals surface area (Å²) in [5, 5.41) is 7.52. The Hall–Kier alpha value is -0.880. The highest BCUT2D eigenvalue weighted by Gasteiger charge is 2.29. The van der Waals surface area contributed by atoms with E-state index in [0.29, 0.717) is 12.1 Å². The van der Waals surface area contributed by atoms with Crippen LogP contribution in [0.4, 0.5) is 5.95 Å². The van der Waals surface area contributed by atoms with Crippen molar-refractivity contribution in [2.45, 2.75) is 64.1 Å². The molecule has 2 heterocycles. The minimum Gasteiger partial charge on any atom is -0.375 e. The summed E-state index contributed by atoms with van der Waals surface area (Å²) in [7, 11) is 0. The van der Waals surface area contributed by atoms with Crippen LogP contribution in [0.2, 0.25) is 0 Å². The third kappa shape index (κ3) is 2.63. The number of hydrogen-bond acceptors (Lipinski definition) is 4.